The highest BCUT2D eigenvalue weighted by atomic mass is 15.3. The minimum Gasteiger partial charge on any atom is -0.312 e. The fraction of sp³-hybridized carbons (Fsp3) is 0.833. The lowest BCUT2D eigenvalue weighted by molar-refractivity contribution is 0.398. The molecule has 0 bridgehead atoms. The Labute approximate surface area is 96.4 Å². The van der Waals surface area contributed by atoms with Crippen molar-refractivity contribution < 1.29 is 0 Å². The van der Waals surface area contributed by atoms with E-state index in [1.165, 1.54) is 12.2 Å². The van der Waals surface area contributed by atoms with Crippen molar-refractivity contribution in [2.75, 3.05) is 6.54 Å². The normalized spacial score (nSPS) is 31.2. The van der Waals surface area contributed by atoms with Gasteiger partial charge in [-0.05, 0) is 18.3 Å². The third-order valence-corrected chi connectivity index (χ3v) is 4.08. The van der Waals surface area contributed by atoms with E-state index in [2.05, 4.69) is 40.9 Å². The summed E-state index contributed by atoms with van der Waals surface area (Å²) in [6.07, 6.45) is 2.35. The lowest BCUT2D eigenvalue weighted by Gasteiger charge is -2.24. The second kappa shape index (κ2) is 3.29. The summed E-state index contributed by atoms with van der Waals surface area (Å²) in [6, 6.07) is 0.400. The molecule has 1 N–H and O–H groups in total. The molecule has 0 amide bonds. The molecule has 0 aromatic carbocycles. The van der Waals surface area contributed by atoms with Crippen molar-refractivity contribution in [2.45, 2.75) is 52.1 Å². The second-order valence-corrected chi connectivity index (χ2v) is 5.73. The first-order valence-corrected chi connectivity index (χ1v) is 6.30. The first-order valence-electron chi connectivity index (χ1n) is 6.30. The van der Waals surface area contributed by atoms with Crippen LogP contribution >= 0.6 is 0 Å². The van der Waals surface area contributed by atoms with Crippen LogP contribution in [0.1, 0.15) is 57.2 Å². The Morgan fingerprint density at radius 1 is 1.38 bits per heavy atom. The van der Waals surface area contributed by atoms with Crippen molar-refractivity contribution in [1.82, 2.24) is 20.1 Å². The van der Waals surface area contributed by atoms with Crippen LogP contribution in [-0.4, -0.2) is 21.3 Å². The average Bonchev–Trinajstić information content (AvgIpc) is 2.74. The number of nitrogens with one attached hydrogen (secondary N) is 1. The maximum atomic E-state index is 4.43. The topological polar surface area (TPSA) is 42.7 Å². The van der Waals surface area contributed by atoms with E-state index >= 15 is 0 Å². The predicted molar refractivity (Wildman–Crippen MR) is 62.2 cm³/mol. The van der Waals surface area contributed by atoms with Crippen molar-refractivity contribution in [3.8, 4) is 0 Å². The average molecular weight is 220 g/mol. The fourth-order valence-electron chi connectivity index (χ4n) is 2.75. The van der Waals surface area contributed by atoms with Crippen molar-refractivity contribution in [2.24, 2.45) is 5.41 Å². The SMILES string of the molecule is CCC1NCCn2c1nnc2C1CC1(C)C. The summed E-state index contributed by atoms with van der Waals surface area (Å²) in [5.74, 6) is 3.00. The van der Waals surface area contributed by atoms with E-state index in [-0.39, 0.29) is 0 Å². The number of aromatic nitrogens is 3. The molecule has 2 aliphatic rings. The van der Waals surface area contributed by atoms with Gasteiger partial charge in [0.2, 0.25) is 0 Å². The van der Waals surface area contributed by atoms with Crippen LogP contribution in [0.25, 0.3) is 0 Å². The highest BCUT2D eigenvalue weighted by molar-refractivity contribution is 5.18. The van der Waals surface area contributed by atoms with E-state index in [9.17, 15) is 0 Å². The van der Waals surface area contributed by atoms with E-state index in [4.69, 9.17) is 0 Å². The Balaban J connectivity index is 1.95. The molecule has 2 unspecified atom stereocenters. The van der Waals surface area contributed by atoms with Crippen molar-refractivity contribution in [3.63, 3.8) is 0 Å². The molecule has 3 rings (SSSR count). The molecule has 0 saturated heterocycles. The number of hydrogen-bond donors (Lipinski definition) is 1. The standard InChI is InChI=1S/C12H20N4/c1-4-9-11-15-14-10(8-7-12(8,2)3)16(11)6-5-13-9/h8-9,13H,4-7H2,1-3H3. The molecule has 1 saturated carbocycles. The summed E-state index contributed by atoms with van der Waals surface area (Å²) in [5, 5.41) is 12.3. The van der Waals surface area contributed by atoms with Gasteiger partial charge in [0, 0.05) is 19.0 Å². The summed E-state index contributed by atoms with van der Waals surface area (Å²) < 4.78 is 2.35. The molecule has 4 heteroatoms. The molecule has 1 aliphatic carbocycles. The number of fused-ring (bicyclic) bond motifs is 1. The molecule has 2 atom stereocenters. The molecular weight excluding hydrogens is 200 g/mol. The first kappa shape index (κ1) is 10.3. The van der Waals surface area contributed by atoms with E-state index in [0.717, 1.165) is 25.3 Å². The molecule has 1 aromatic rings. The van der Waals surface area contributed by atoms with Gasteiger partial charge >= 0.3 is 0 Å². The quantitative estimate of drug-likeness (QED) is 0.827. The predicted octanol–water partition coefficient (Wildman–Crippen LogP) is 1.85. The minimum absolute atomic E-state index is 0.400. The van der Waals surface area contributed by atoms with Crippen LogP contribution in [0.5, 0.6) is 0 Å². The van der Waals surface area contributed by atoms with Gasteiger partial charge in [0.25, 0.3) is 0 Å². The van der Waals surface area contributed by atoms with Crippen molar-refractivity contribution >= 4 is 0 Å². The zero-order valence-electron chi connectivity index (χ0n) is 10.3. The van der Waals surface area contributed by atoms with Crippen LogP contribution in [0.4, 0.5) is 0 Å². The van der Waals surface area contributed by atoms with Crippen LogP contribution in [0.3, 0.4) is 0 Å². The van der Waals surface area contributed by atoms with Gasteiger partial charge in [-0.15, -0.1) is 10.2 Å². The van der Waals surface area contributed by atoms with E-state index in [1.807, 2.05) is 0 Å². The highest BCUT2D eigenvalue weighted by Gasteiger charge is 2.50. The maximum absolute atomic E-state index is 4.43. The number of hydrogen-bond acceptors (Lipinski definition) is 3. The maximum Gasteiger partial charge on any atom is 0.150 e. The van der Waals surface area contributed by atoms with Crippen LogP contribution < -0.4 is 5.32 Å². The molecule has 1 aliphatic heterocycles. The largest absolute Gasteiger partial charge is 0.312 e. The molecule has 0 spiro atoms. The Morgan fingerprint density at radius 2 is 2.06 bits per heavy atom. The third kappa shape index (κ3) is 1.39. The lowest BCUT2D eigenvalue weighted by Crippen LogP contribution is -2.34. The zero-order chi connectivity index (χ0) is 11.3. The first-order chi connectivity index (χ1) is 7.63. The van der Waals surface area contributed by atoms with E-state index < -0.39 is 0 Å². The Bertz CT molecular complexity index is 407. The monoisotopic (exact) mass is 220 g/mol. The highest BCUT2D eigenvalue weighted by Crippen LogP contribution is 2.58. The van der Waals surface area contributed by atoms with Gasteiger partial charge in [-0.2, -0.15) is 0 Å². The Kier molecular flexibility index (Phi) is 2.11. The van der Waals surface area contributed by atoms with Gasteiger partial charge in [0.05, 0.1) is 6.04 Å². The van der Waals surface area contributed by atoms with Crippen molar-refractivity contribution in [1.29, 1.82) is 0 Å². The summed E-state index contributed by atoms with van der Waals surface area (Å²) >= 11 is 0. The molecule has 1 fully saturated rings. The molecular formula is C12H20N4. The number of nitrogens with zero attached hydrogens (tertiary/aromatic N) is 3. The van der Waals surface area contributed by atoms with Crippen LogP contribution in [0.15, 0.2) is 0 Å². The van der Waals surface area contributed by atoms with Crippen LogP contribution in [0.2, 0.25) is 0 Å². The van der Waals surface area contributed by atoms with Gasteiger partial charge < -0.3 is 9.88 Å². The summed E-state index contributed by atoms with van der Waals surface area (Å²) in [4.78, 5) is 0. The molecule has 1 aromatic heterocycles. The smallest absolute Gasteiger partial charge is 0.150 e. The van der Waals surface area contributed by atoms with Gasteiger partial charge in [-0.25, -0.2) is 0 Å². The molecule has 0 radical (unpaired) electrons. The molecule has 4 nitrogen and oxygen atoms in total. The van der Waals surface area contributed by atoms with Gasteiger partial charge in [0.1, 0.15) is 11.6 Å². The Hall–Kier alpha value is -0.900. The lowest BCUT2D eigenvalue weighted by atomic mass is 10.1. The van der Waals surface area contributed by atoms with E-state index in [0.29, 0.717) is 17.4 Å². The summed E-state index contributed by atoms with van der Waals surface area (Å²) in [7, 11) is 0. The Morgan fingerprint density at radius 3 is 2.69 bits per heavy atom. The van der Waals surface area contributed by atoms with E-state index in [1.54, 1.807) is 0 Å². The minimum atomic E-state index is 0.400. The summed E-state index contributed by atoms with van der Waals surface area (Å²) in [6.45, 7) is 8.91. The zero-order valence-corrected chi connectivity index (χ0v) is 10.3. The van der Waals surface area contributed by atoms with Crippen LogP contribution in [-0.2, 0) is 6.54 Å². The fourth-order valence-corrected chi connectivity index (χ4v) is 2.75. The van der Waals surface area contributed by atoms with Crippen LogP contribution in [0, 0.1) is 5.41 Å². The summed E-state index contributed by atoms with van der Waals surface area (Å²) in [5.41, 5.74) is 0.441. The van der Waals surface area contributed by atoms with Crippen molar-refractivity contribution in [3.05, 3.63) is 11.6 Å². The number of rotatable bonds is 2. The second-order valence-electron chi connectivity index (χ2n) is 5.73. The third-order valence-electron chi connectivity index (χ3n) is 4.08. The van der Waals surface area contributed by atoms with Gasteiger partial charge in [-0.3, -0.25) is 0 Å². The molecule has 16 heavy (non-hydrogen) atoms. The molecule has 2 heterocycles. The van der Waals surface area contributed by atoms with Gasteiger partial charge in [0.15, 0.2) is 0 Å². The van der Waals surface area contributed by atoms with Gasteiger partial charge in [-0.1, -0.05) is 20.8 Å². The molecule has 88 valence electrons.